The Hall–Kier alpha value is -1.74. The average molecular weight is 241 g/mol. The van der Waals surface area contributed by atoms with Crippen molar-refractivity contribution in [1.29, 1.82) is 0 Å². The molecular formula is C15H19N3. The molecule has 18 heavy (non-hydrogen) atoms. The van der Waals surface area contributed by atoms with Crippen LogP contribution < -0.4 is 5.73 Å². The van der Waals surface area contributed by atoms with E-state index in [1.165, 1.54) is 27.8 Å². The number of hydrogen-bond acceptors (Lipinski definition) is 3. The third-order valence-corrected chi connectivity index (χ3v) is 3.51. The van der Waals surface area contributed by atoms with Crippen LogP contribution in [0, 0.1) is 27.7 Å². The van der Waals surface area contributed by atoms with Crippen molar-refractivity contribution >= 4 is 0 Å². The number of nitrogens with two attached hydrogens (primary N) is 1. The van der Waals surface area contributed by atoms with Crippen LogP contribution in [0.5, 0.6) is 0 Å². The van der Waals surface area contributed by atoms with Crippen LogP contribution in [0.3, 0.4) is 0 Å². The largest absolute Gasteiger partial charge is 0.324 e. The van der Waals surface area contributed by atoms with E-state index < -0.39 is 0 Å². The van der Waals surface area contributed by atoms with Crippen molar-refractivity contribution in [3.8, 4) is 11.3 Å². The van der Waals surface area contributed by atoms with Crippen LogP contribution in [0.4, 0.5) is 0 Å². The fourth-order valence-corrected chi connectivity index (χ4v) is 2.24. The highest BCUT2D eigenvalue weighted by atomic mass is 14.9. The Bertz CT molecular complexity index is 562. The van der Waals surface area contributed by atoms with Crippen molar-refractivity contribution in [3.05, 3.63) is 46.4 Å². The quantitative estimate of drug-likeness (QED) is 0.879. The number of nitrogens with zero attached hydrogens (tertiary/aromatic N) is 2. The maximum absolute atomic E-state index is 5.61. The first-order valence-corrected chi connectivity index (χ1v) is 6.14. The number of aromatic nitrogens is 2. The molecule has 0 spiro atoms. The van der Waals surface area contributed by atoms with E-state index in [1.54, 1.807) is 6.20 Å². The highest BCUT2D eigenvalue weighted by molar-refractivity contribution is 5.70. The minimum Gasteiger partial charge on any atom is -0.324 e. The summed E-state index contributed by atoms with van der Waals surface area (Å²) in [6.07, 6.45) is 1.78. The van der Waals surface area contributed by atoms with Gasteiger partial charge in [-0.25, -0.2) is 9.97 Å². The average Bonchev–Trinajstić information content (AvgIpc) is 2.37. The minimum absolute atomic E-state index is 0.372. The van der Waals surface area contributed by atoms with E-state index in [4.69, 9.17) is 5.73 Å². The molecule has 0 radical (unpaired) electrons. The fraction of sp³-hybridized carbons (Fsp3) is 0.333. The van der Waals surface area contributed by atoms with Crippen LogP contribution in [-0.4, -0.2) is 9.97 Å². The summed E-state index contributed by atoms with van der Waals surface area (Å²) in [5, 5.41) is 0. The van der Waals surface area contributed by atoms with Crippen molar-refractivity contribution in [3.63, 3.8) is 0 Å². The van der Waals surface area contributed by atoms with Gasteiger partial charge in [-0.1, -0.05) is 6.07 Å². The molecule has 0 atom stereocenters. The van der Waals surface area contributed by atoms with Gasteiger partial charge in [0.2, 0.25) is 0 Å². The van der Waals surface area contributed by atoms with Crippen LogP contribution in [0.1, 0.15) is 28.1 Å². The van der Waals surface area contributed by atoms with Crippen molar-refractivity contribution in [1.82, 2.24) is 9.97 Å². The molecule has 0 fully saturated rings. The first-order valence-electron chi connectivity index (χ1n) is 6.14. The predicted octanol–water partition coefficient (Wildman–Crippen LogP) is 2.84. The van der Waals surface area contributed by atoms with Gasteiger partial charge in [0.25, 0.3) is 0 Å². The molecule has 0 aliphatic heterocycles. The molecule has 2 aromatic rings. The summed E-state index contributed by atoms with van der Waals surface area (Å²) in [5.41, 5.74) is 12.9. The van der Waals surface area contributed by atoms with Crippen molar-refractivity contribution in [2.24, 2.45) is 5.73 Å². The summed E-state index contributed by atoms with van der Waals surface area (Å²) < 4.78 is 0. The lowest BCUT2D eigenvalue weighted by Crippen LogP contribution is -2.04. The Morgan fingerprint density at radius 1 is 1.06 bits per heavy atom. The van der Waals surface area contributed by atoms with Crippen LogP contribution in [0.2, 0.25) is 0 Å². The molecule has 2 rings (SSSR count). The molecule has 0 bridgehead atoms. The summed E-state index contributed by atoms with van der Waals surface area (Å²) >= 11 is 0. The second-order valence-corrected chi connectivity index (χ2v) is 4.70. The third kappa shape index (κ3) is 2.14. The first-order chi connectivity index (χ1) is 8.54. The SMILES string of the molecule is Cc1cc(C)c(C)c(-c2ccnc(CN)n2)c1C. The second kappa shape index (κ2) is 4.86. The number of hydrogen-bond donors (Lipinski definition) is 1. The number of benzene rings is 1. The Morgan fingerprint density at radius 3 is 2.22 bits per heavy atom. The van der Waals surface area contributed by atoms with Gasteiger partial charge in [-0.05, 0) is 56.0 Å². The predicted molar refractivity (Wildman–Crippen MR) is 74.3 cm³/mol. The second-order valence-electron chi connectivity index (χ2n) is 4.70. The topological polar surface area (TPSA) is 51.8 Å². The van der Waals surface area contributed by atoms with Crippen molar-refractivity contribution in [2.75, 3.05) is 0 Å². The Kier molecular flexibility index (Phi) is 3.43. The van der Waals surface area contributed by atoms with E-state index in [0.29, 0.717) is 12.4 Å². The molecule has 94 valence electrons. The number of aryl methyl sites for hydroxylation is 2. The van der Waals surface area contributed by atoms with Crippen LogP contribution in [-0.2, 0) is 6.54 Å². The van der Waals surface area contributed by atoms with E-state index in [0.717, 1.165) is 5.69 Å². The van der Waals surface area contributed by atoms with Crippen LogP contribution in [0.15, 0.2) is 18.3 Å². The lowest BCUT2D eigenvalue weighted by Gasteiger charge is -2.15. The van der Waals surface area contributed by atoms with Gasteiger partial charge in [-0.15, -0.1) is 0 Å². The zero-order valence-electron chi connectivity index (χ0n) is 11.4. The molecule has 1 heterocycles. The zero-order valence-corrected chi connectivity index (χ0v) is 11.4. The van der Waals surface area contributed by atoms with E-state index in [-0.39, 0.29) is 0 Å². The molecule has 0 saturated heterocycles. The van der Waals surface area contributed by atoms with E-state index in [9.17, 15) is 0 Å². The molecule has 1 aromatic heterocycles. The molecule has 0 amide bonds. The first kappa shape index (κ1) is 12.7. The molecule has 3 nitrogen and oxygen atoms in total. The normalized spacial score (nSPS) is 10.7. The Morgan fingerprint density at radius 2 is 1.67 bits per heavy atom. The smallest absolute Gasteiger partial charge is 0.142 e. The van der Waals surface area contributed by atoms with Gasteiger partial charge in [0.15, 0.2) is 0 Å². The standard InChI is InChI=1S/C15H19N3/c1-9-7-10(2)12(4)15(11(9)3)13-5-6-17-14(8-16)18-13/h5-7H,8,16H2,1-4H3. The molecule has 0 saturated carbocycles. The maximum Gasteiger partial charge on any atom is 0.142 e. The molecule has 0 aliphatic rings. The number of rotatable bonds is 2. The third-order valence-electron chi connectivity index (χ3n) is 3.51. The molecule has 0 unspecified atom stereocenters. The highest BCUT2D eigenvalue weighted by Gasteiger charge is 2.12. The lowest BCUT2D eigenvalue weighted by molar-refractivity contribution is 0.911. The van der Waals surface area contributed by atoms with Gasteiger partial charge < -0.3 is 5.73 Å². The molecular weight excluding hydrogens is 222 g/mol. The highest BCUT2D eigenvalue weighted by Crippen LogP contribution is 2.30. The fourth-order valence-electron chi connectivity index (χ4n) is 2.24. The van der Waals surface area contributed by atoms with E-state index >= 15 is 0 Å². The summed E-state index contributed by atoms with van der Waals surface area (Å²) in [6.45, 7) is 8.92. The Balaban J connectivity index is 2.70. The van der Waals surface area contributed by atoms with Crippen molar-refractivity contribution < 1.29 is 0 Å². The summed E-state index contributed by atoms with van der Waals surface area (Å²) in [6, 6.07) is 4.17. The monoisotopic (exact) mass is 241 g/mol. The van der Waals surface area contributed by atoms with E-state index in [2.05, 4.69) is 43.7 Å². The molecule has 3 heteroatoms. The molecule has 2 N–H and O–H groups in total. The van der Waals surface area contributed by atoms with Crippen LogP contribution in [0.25, 0.3) is 11.3 Å². The summed E-state index contributed by atoms with van der Waals surface area (Å²) in [5.74, 6) is 0.686. The minimum atomic E-state index is 0.372. The lowest BCUT2D eigenvalue weighted by atomic mass is 9.92. The van der Waals surface area contributed by atoms with E-state index in [1.807, 2.05) is 6.07 Å². The summed E-state index contributed by atoms with van der Waals surface area (Å²) in [7, 11) is 0. The van der Waals surface area contributed by atoms with Gasteiger partial charge >= 0.3 is 0 Å². The van der Waals surface area contributed by atoms with Gasteiger partial charge in [-0.3, -0.25) is 0 Å². The molecule has 1 aromatic carbocycles. The van der Waals surface area contributed by atoms with Gasteiger partial charge in [0.1, 0.15) is 5.82 Å². The zero-order chi connectivity index (χ0) is 13.3. The van der Waals surface area contributed by atoms with Crippen molar-refractivity contribution in [2.45, 2.75) is 34.2 Å². The van der Waals surface area contributed by atoms with Gasteiger partial charge in [-0.2, -0.15) is 0 Å². The van der Waals surface area contributed by atoms with Gasteiger partial charge in [0.05, 0.1) is 12.2 Å². The summed E-state index contributed by atoms with van der Waals surface area (Å²) in [4.78, 5) is 8.68. The van der Waals surface area contributed by atoms with Gasteiger partial charge in [0, 0.05) is 11.8 Å². The maximum atomic E-state index is 5.61. The van der Waals surface area contributed by atoms with Crippen LogP contribution >= 0.6 is 0 Å². The Labute approximate surface area is 108 Å². The molecule has 0 aliphatic carbocycles.